The van der Waals surface area contributed by atoms with Gasteiger partial charge in [-0.25, -0.2) is 0 Å². The van der Waals surface area contributed by atoms with Gasteiger partial charge in [0.2, 0.25) is 0 Å². The lowest BCUT2D eigenvalue weighted by Gasteiger charge is -2.16. The first-order valence-corrected chi connectivity index (χ1v) is 6.68. The number of aliphatic hydroxyl groups is 1. The largest absolute Gasteiger partial charge is 0.481 e. The van der Waals surface area contributed by atoms with E-state index in [1.807, 2.05) is 11.6 Å². The standard InChI is InChI=1S/C10H16N4O3S/c1-13-3-2-7(4-13)14-8(5-15)11-12-10(14)18-6-9(16)17/h7,15H,2-6H2,1H3,(H,16,17). The molecule has 7 nitrogen and oxygen atoms in total. The lowest BCUT2D eigenvalue weighted by atomic mass is 10.2. The van der Waals surface area contributed by atoms with E-state index in [4.69, 9.17) is 5.11 Å². The zero-order valence-corrected chi connectivity index (χ0v) is 10.9. The first-order valence-electron chi connectivity index (χ1n) is 5.69. The molecule has 1 unspecified atom stereocenters. The Morgan fingerprint density at radius 3 is 2.89 bits per heavy atom. The lowest BCUT2D eigenvalue weighted by Crippen LogP contribution is -2.19. The van der Waals surface area contributed by atoms with Gasteiger partial charge in [0.25, 0.3) is 0 Å². The van der Waals surface area contributed by atoms with Crippen LogP contribution < -0.4 is 0 Å². The second kappa shape index (κ2) is 5.68. The zero-order valence-electron chi connectivity index (χ0n) is 10.1. The molecule has 0 saturated carbocycles. The Kier molecular flexibility index (Phi) is 4.20. The van der Waals surface area contributed by atoms with Crippen LogP contribution in [0, 0.1) is 0 Å². The Balaban J connectivity index is 2.19. The molecule has 0 aromatic carbocycles. The van der Waals surface area contributed by atoms with Crippen molar-refractivity contribution >= 4 is 17.7 Å². The minimum absolute atomic E-state index is 0.0495. The Labute approximate surface area is 109 Å². The summed E-state index contributed by atoms with van der Waals surface area (Å²) in [5.74, 6) is -0.432. The van der Waals surface area contributed by atoms with Crippen LogP contribution in [0.1, 0.15) is 18.3 Å². The second-order valence-corrected chi connectivity index (χ2v) is 5.26. The van der Waals surface area contributed by atoms with Crippen molar-refractivity contribution in [1.82, 2.24) is 19.7 Å². The number of likely N-dealkylation sites (tertiary alicyclic amines) is 1. The quantitative estimate of drug-likeness (QED) is 0.719. The smallest absolute Gasteiger partial charge is 0.313 e. The Morgan fingerprint density at radius 1 is 1.56 bits per heavy atom. The van der Waals surface area contributed by atoms with Crippen LogP contribution in [0.3, 0.4) is 0 Å². The molecule has 1 aromatic rings. The van der Waals surface area contributed by atoms with Crippen molar-refractivity contribution in [1.29, 1.82) is 0 Å². The number of carbonyl (C=O) groups is 1. The number of aliphatic carboxylic acids is 1. The highest BCUT2D eigenvalue weighted by Gasteiger charge is 2.26. The molecule has 1 saturated heterocycles. The molecular weight excluding hydrogens is 256 g/mol. The number of aliphatic hydroxyl groups excluding tert-OH is 1. The van der Waals surface area contributed by atoms with Gasteiger partial charge in [-0.3, -0.25) is 9.36 Å². The van der Waals surface area contributed by atoms with Gasteiger partial charge in [-0.15, -0.1) is 10.2 Å². The van der Waals surface area contributed by atoms with Crippen molar-refractivity contribution in [3.8, 4) is 0 Å². The number of rotatable bonds is 5. The van der Waals surface area contributed by atoms with Gasteiger partial charge in [0.05, 0.1) is 11.8 Å². The number of carboxylic acids is 1. The first kappa shape index (κ1) is 13.3. The van der Waals surface area contributed by atoms with Crippen molar-refractivity contribution in [3.05, 3.63) is 5.82 Å². The summed E-state index contributed by atoms with van der Waals surface area (Å²) in [7, 11) is 2.03. The predicted molar refractivity (Wildman–Crippen MR) is 65.5 cm³/mol. The molecule has 0 amide bonds. The van der Waals surface area contributed by atoms with Crippen LogP contribution in [-0.4, -0.2) is 61.7 Å². The van der Waals surface area contributed by atoms with Crippen molar-refractivity contribution in [2.45, 2.75) is 24.2 Å². The third-order valence-electron chi connectivity index (χ3n) is 2.93. The number of thioether (sulfide) groups is 1. The minimum Gasteiger partial charge on any atom is -0.481 e. The molecule has 2 rings (SSSR count). The normalized spacial score (nSPS) is 20.4. The van der Waals surface area contributed by atoms with E-state index >= 15 is 0 Å². The van der Waals surface area contributed by atoms with Crippen LogP contribution >= 0.6 is 11.8 Å². The molecule has 18 heavy (non-hydrogen) atoms. The average molecular weight is 272 g/mol. The van der Waals surface area contributed by atoms with Crippen molar-refractivity contribution in [3.63, 3.8) is 0 Å². The molecule has 0 bridgehead atoms. The molecular formula is C10H16N4O3S. The van der Waals surface area contributed by atoms with Crippen LogP contribution in [0.25, 0.3) is 0 Å². The van der Waals surface area contributed by atoms with Gasteiger partial charge in [0.15, 0.2) is 11.0 Å². The Morgan fingerprint density at radius 2 is 2.33 bits per heavy atom. The minimum atomic E-state index is -0.886. The SMILES string of the molecule is CN1CCC(n2c(CO)nnc2SCC(=O)O)C1. The molecule has 0 spiro atoms. The number of hydrogen-bond acceptors (Lipinski definition) is 6. The van der Waals surface area contributed by atoms with E-state index in [0.717, 1.165) is 31.3 Å². The van der Waals surface area contributed by atoms with Gasteiger partial charge in [0.1, 0.15) is 6.61 Å². The number of aromatic nitrogens is 3. The summed E-state index contributed by atoms with van der Waals surface area (Å²) in [6.45, 7) is 1.67. The zero-order chi connectivity index (χ0) is 13.1. The molecule has 8 heteroatoms. The number of hydrogen-bond donors (Lipinski definition) is 2. The molecule has 1 aromatic heterocycles. The van der Waals surface area contributed by atoms with Crippen LogP contribution in [0.5, 0.6) is 0 Å². The number of carboxylic acid groups (broad SMARTS) is 1. The van der Waals surface area contributed by atoms with Crippen LogP contribution in [0.4, 0.5) is 0 Å². The number of likely N-dealkylation sites (N-methyl/N-ethyl adjacent to an activating group) is 1. The highest BCUT2D eigenvalue weighted by molar-refractivity contribution is 7.99. The average Bonchev–Trinajstić information content (AvgIpc) is 2.91. The molecule has 1 atom stereocenters. The number of nitrogens with zero attached hydrogens (tertiary/aromatic N) is 4. The van der Waals surface area contributed by atoms with E-state index in [-0.39, 0.29) is 18.4 Å². The third-order valence-corrected chi connectivity index (χ3v) is 3.86. The van der Waals surface area contributed by atoms with Crippen molar-refractivity contribution in [2.24, 2.45) is 0 Å². The maximum absolute atomic E-state index is 10.6. The highest BCUT2D eigenvalue weighted by atomic mass is 32.2. The second-order valence-electron chi connectivity index (χ2n) is 4.31. The van der Waals surface area contributed by atoms with E-state index < -0.39 is 5.97 Å². The third kappa shape index (κ3) is 2.82. The fraction of sp³-hybridized carbons (Fsp3) is 0.700. The topological polar surface area (TPSA) is 91.5 Å². The molecule has 1 aliphatic heterocycles. The first-order chi connectivity index (χ1) is 8.61. The molecule has 1 aliphatic rings. The lowest BCUT2D eigenvalue weighted by molar-refractivity contribution is -0.133. The molecule has 100 valence electrons. The van der Waals surface area contributed by atoms with Gasteiger partial charge in [-0.05, 0) is 20.0 Å². The van der Waals surface area contributed by atoms with Gasteiger partial charge >= 0.3 is 5.97 Å². The van der Waals surface area contributed by atoms with Gasteiger partial charge in [-0.1, -0.05) is 11.8 Å². The van der Waals surface area contributed by atoms with Gasteiger partial charge < -0.3 is 15.1 Å². The van der Waals surface area contributed by atoms with Gasteiger partial charge in [-0.2, -0.15) is 0 Å². The molecule has 2 heterocycles. The molecule has 1 fully saturated rings. The summed E-state index contributed by atoms with van der Waals surface area (Å²) < 4.78 is 1.87. The van der Waals surface area contributed by atoms with E-state index in [9.17, 15) is 9.90 Å². The summed E-state index contributed by atoms with van der Waals surface area (Å²) in [6, 6.07) is 0.212. The van der Waals surface area contributed by atoms with Gasteiger partial charge in [0, 0.05) is 6.54 Å². The van der Waals surface area contributed by atoms with E-state index in [0.29, 0.717) is 11.0 Å². The summed E-state index contributed by atoms with van der Waals surface area (Å²) in [4.78, 5) is 12.8. The predicted octanol–water partition coefficient (Wildman–Crippen LogP) is -0.176. The van der Waals surface area contributed by atoms with Crippen LogP contribution in [-0.2, 0) is 11.4 Å². The molecule has 0 radical (unpaired) electrons. The van der Waals surface area contributed by atoms with Crippen molar-refractivity contribution < 1.29 is 15.0 Å². The fourth-order valence-corrected chi connectivity index (χ4v) is 2.87. The Bertz CT molecular complexity index is 437. The Hall–Kier alpha value is -1.12. The highest BCUT2D eigenvalue weighted by Crippen LogP contribution is 2.27. The van der Waals surface area contributed by atoms with Crippen LogP contribution in [0.2, 0.25) is 0 Å². The molecule has 2 N–H and O–H groups in total. The summed E-state index contributed by atoms with van der Waals surface area (Å²) in [5, 5.41) is 26.4. The maximum atomic E-state index is 10.6. The van der Waals surface area contributed by atoms with E-state index in [2.05, 4.69) is 15.1 Å². The van der Waals surface area contributed by atoms with Crippen LogP contribution in [0.15, 0.2) is 5.16 Å². The van der Waals surface area contributed by atoms with E-state index in [1.54, 1.807) is 0 Å². The summed E-state index contributed by atoms with van der Waals surface area (Å²) >= 11 is 1.14. The fourth-order valence-electron chi connectivity index (χ4n) is 2.13. The molecule has 0 aliphatic carbocycles. The summed E-state index contributed by atoms with van der Waals surface area (Å²) in [6.07, 6.45) is 0.960. The summed E-state index contributed by atoms with van der Waals surface area (Å²) in [5.41, 5.74) is 0. The monoisotopic (exact) mass is 272 g/mol. The van der Waals surface area contributed by atoms with E-state index in [1.165, 1.54) is 0 Å². The van der Waals surface area contributed by atoms with Crippen molar-refractivity contribution in [2.75, 3.05) is 25.9 Å². The maximum Gasteiger partial charge on any atom is 0.313 e.